The van der Waals surface area contributed by atoms with Crippen molar-refractivity contribution in [3.63, 3.8) is 0 Å². The molecule has 0 aromatic carbocycles. The van der Waals surface area contributed by atoms with Crippen LogP contribution in [0.1, 0.15) is 26.7 Å². The van der Waals surface area contributed by atoms with E-state index in [4.69, 9.17) is 4.74 Å². The van der Waals surface area contributed by atoms with Gasteiger partial charge in [-0.05, 0) is 18.8 Å². The molecule has 0 fully saturated rings. The smallest absolute Gasteiger partial charge is 0.239 e. The molecule has 1 amide bonds. The molecule has 3 N–H and O–H groups in total. The highest BCUT2D eigenvalue weighted by Gasteiger charge is 2.02. The van der Waals surface area contributed by atoms with Gasteiger partial charge in [0.15, 0.2) is 5.96 Å². The lowest BCUT2D eigenvalue weighted by molar-refractivity contribution is -0.120. The molecule has 0 saturated heterocycles. The lowest BCUT2D eigenvalue weighted by Gasteiger charge is -2.12. The zero-order valence-corrected chi connectivity index (χ0v) is 12.6. The fraction of sp³-hybridized carbons (Fsp3) is 0.846. The summed E-state index contributed by atoms with van der Waals surface area (Å²) in [6.07, 6.45) is 2.28. The van der Waals surface area contributed by atoms with Gasteiger partial charge < -0.3 is 20.7 Å². The summed E-state index contributed by atoms with van der Waals surface area (Å²) in [5, 5.41) is 8.89. The van der Waals surface area contributed by atoms with Gasteiger partial charge in [-0.25, -0.2) is 0 Å². The fourth-order valence-electron chi connectivity index (χ4n) is 1.46. The summed E-state index contributed by atoms with van der Waals surface area (Å²) in [7, 11) is 3.30. The highest BCUT2D eigenvalue weighted by molar-refractivity contribution is 5.86. The third-order valence-corrected chi connectivity index (χ3v) is 2.52. The van der Waals surface area contributed by atoms with Gasteiger partial charge in [0.1, 0.15) is 0 Å². The molecule has 112 valence electrons. The lowest BCUT2D eigenvalue weighted by Crippen LogP contribution is -2.43. The van der Waals surface area contributed by atoms with Gasteiger partial charge in [-0.1, -0.05) is 13.8 Å². The molecule has 0 aliphatic carbocycles. The fourth-order valence-corrected chi connectivity index (χ4v) is 1.46. The van der Waals surface area contributed by atoms with E-state index in [0.717, 1.165) is 13.0 Å². The Balaban J connectivity index is 3.67. The molecule has 6 nitrogen and oxygen atoms in total. The molecule has 0 rings (SSSR count). The van der Waals surface area contributed by atoms with E-state index in [1.54, 1.807) is 14.2 Å². The number of hydrogen-bond donors (Lipinski definition) is 3. The zero-order chi connectivity index (χ0) is 14.5. The highest BCUT2D eigenvalue weighted by atomic mass is 16.5. The van der Waals surface area contributed by atoms with Crippen molar-refractivity contribution in [2.75, 3.05) is 40.4 Å². The van der Waals surface area contributed by atoms with Crippen molar-refractivity contribution in [1.29, 1.82) is 0 Å². The molecule has 0 atom stereocenters. The van der Waals surface area contributed by atoms with Gasteiger partial charge in [-0.2, -0.15) is 0 Å². The number of methoxy groups -OCH3 is 1. The first kappa shape index (κ1) is 17.7. The van der Waals surface area contributed by atoms with Crippen molar-refractivity contribution in [1.82, 2.24) is 16.0 Å². The topological polar surface area (TPSA) is 74.8 Å². The van der Waals surface area contributed by atoms with Crippen molar-refractivity contribution in [2.24, 2.45) is 10.9 Å². The summed E-state index contributed by atoms with van der Waals surface area (Å²) in [5.41, 5.74) is 0. The summed E-state index contributed by atoms with van der Waals surface area (Å²) in [6.45, 7) is 6.54. The molecular weight excluding hydrogens is 244 g/mol. The van der Waals surface area contributed by atoms with Crippen molar-refractivity contribution in [2.45, 2.75) is 26.7 Å². The summed E-state index contributed by atoms with van der Waals surface area (Å²) in [4.78, 5) is 15.5. The second-order valence-electron chi connectivity index (χ2n) is 4.73. The summed E-state index contributed by atoms with van der Waals surface area (Å²) in [5.74, 6) is 1.30. The number of aliphatic imine (C=N–C) groups is 1. The number of rotatable bonds is 9. The van der Waals surface area contributed by atoms with Crippen molar-refractivity contribution in [3.05, 3.63) is 0 Å². The molecule has 19 heavy (non-hydrogen) atoms. The first-order valence-corrected chi connectivity index (χ1v) is 6.80. The maximum Gasteiger partial charge on any atom is 0.239 e. The maximum absolute atomic E-state index is 11.4. The Morgan fingerprint density at radius 1 is 1.21 bits per heavy atom. The van der Waals surface area contributed by atoms with Gasteiger partial charge in [0.2, 0.25) is 5.91 Å². The van der Waals surface area contributed by atoms with E-state index < -0.39 is 0 Å². The monoisotopic (exact) mass is 272 g/mol. The maximum atomic E-state index is 11.4. The van der Waals surface area contributed by atoms with Gasteiger partial charge in [0.05, 0.1) is 13.2 Å². The standard InChI is InChI=1S/C13H28N4O2/c1-11(2)6-5-7-16-13(14-3)17-10-12(18)15-8-9-19-4/h11H,5-10H2,1-4H3,(H,15,18)(H2,14,16,17). The Labute approximate surface area is 116 Å². The van der Waals surface area contributed by atoms with Gasteiger partial charge in [-0.15, -0.1) is 0 Å². The summed E-state index contributed by atoms with van der Waals surface area (Å²) >= 11 is 0. The van der Waals surface area contributed by atoms with Gasteiger partial charge in [0.25, 0.3) is 0 Å². The predicted octanol–water partition coefficient (Wildman–Crippen LogP) is 0.350. The quantitative estimate of drug-likeness (QED) is 0.322. The minimum absolute atomic E-state index is 0.0674. The Morgan fingerprint density at radius 2 is 1.95 bits per heavy atom. The van der Waals surface area contributed by atoms with E-state index in [-0.39, 0.29) is 12.5 Å². The van der Waals surface area contributed by atoms with E-state index in [1.165, 1.54) is 6.42 Å². The van der Waals surface area contributed by atoms with Crippen molar-refractivity contribution >= 4 is 11.9 Å². The Kier molecular flexibility index (Phi) is 11.0. The molecule has 0 aromatic rings. The van der Waals surface area contributed by atoms with Crippen LogP contribution in [0.25, 0.3) is 0 Å². The van der Waals surface area contributed by atoms with Crippen LogP contribution >= 0.6 is 0 Å². The largest absolute Gasteiger partial charge is 0.383 e. The third kappa shape index (κ3) is 11.5. The molecule has 0 radical (unpaired) electrons. The number of carbonyl (C=O) groups is 1. The number of guanidine groups is 1. The molecule has 0 unspecified atom stereocenters. The van der Waals surface area contributed by atoms with Crippen molar-refractivity contribution < 1.29 is 9.53 Å². The van der Waals surface area contributed by atoms with E-state index in [9.17, 15) is 4.79 Å². The Morgan fingerprint density at radius 3 is 2.53 bits per heavy atom. The minimum atomic E-state index is -0.0674. The Hall–Kier alpha value is -1.30. The number of carbonyl (C=O) groups excluding carboxylic acids is 1. The first-order valence-electron chi connectivity index (χ1n) is 6.80. The van der Waals surface area contributed by atoms with E-state index in [1.807, 2.05) is 0 Å². The average molecular weight is 272 g/mol. The second kappa shape index (κ2) is 11.8. The van der Waals surface area contributed by atoms with Gasteiger partial charge in [0, 0.05) is 27.2 Å². The average Bonchev–Trinajstić information content (AvgIpc) is 2.38. The van der Waals surface area contributed by atoms with Crippen LogP contribution < -0.4 is 16.0 Å². The highest BCUT2D eigenvalue weighted by Crippen LogP contribution is 2.01. The van der Waals surface area contributed by atoms with Crippen LogP contribution in [0.5, 0.6) is 0 Å². The number of nitrogens with one attached hydrogen (secondary N) is 3. The van der Waals surface area contributed by atoms with Crippen molar-refractivity contribution in [3.8, 4) is 0 Å². The molecule has 0 aliphatic heterocycles. The van der Waals surface area contributed by atoms with E-state index in [0.29, 0.717) is 25.0 Å². The van der Waals surface area contributed by atoms with Crippen LogP contribution in [0.2, 0.25) is 0 Å². The van der Waals surface area contributed by atoms with E-state index in [2.05, 4.69) is 34.8 Å². The van der Waals surface area contributed by atoms with Crippen LogP contribution in [0.15, 0.2) is 4.99 Å². The molecule has 0 bridgehead atoms. The number of hydrogen-bond acceptors (Lipinski definition) is 3. The van der Waals surface area contributed by atoms with Crippen LogP contribution in [-0.4, -0.2) is 52.3 Å². The van der Waals surface area contributed by atoms with Crippen LogP contribution in [0.4, 0.5) is 0 Å². The van der Waals surface area contributed by atoms with Crippen LogP contribution in [-0.2, 0) is 9.53 Å². The molecule has 0 saturated carbocycles. The molecule has 0 aromatic heterocycles. The molecule has 6 heteroatoms. The van der Waals surface area contributed by atoms with Gasteiger partial charge in [-0.3, -0.25) is 9.79 Å². The summed E-state index contributed by atoms with van der Waals surface area (Å²) in [6, 6.07) is 0. The predicted molar refractivity (Wildman–Crippen MR) is 78.3 cm³/mol. The SMILES string of the molecule is CN=C(NCCCC(C)C)NCC(=O)NCCOC. The first-order chi connectivity index (χ1) is 9.10. The van der Waals surface area contributed by atoms with E-state index >= 15 is 0 Å². The minimum Gasteiger partial charge on any atom is -0.383 e. The van der Waals surface area contributed by atoms with Crippen LogP contribution in [0.3, 0.4) is 0 Å². The lowest BCUT2D eigenvalue weighted by atomic mass is 10.1. The van der Waals surface area contributed by atoms with Gasteiger partial charge >= 0.3 is 0 Å². The second-order valence-corrected chi connectivity index (χ2v) is 4.73. The molecule has 0 heterocycles. The molecular formula is C13H28N4O2. The third-order valence-electron chi connectivity index (χ3n) is 2.52. The number of amides is 1. The number of ether oxygens (including phenoxy) is 1. The zero-order valence-electron chi connectivity index (χ0n) is 12.6. The molecule has 0 spiro atoms. The summed E-state index contributed by atoms with van der Waals surface area (Å²) < 4.78 is 4.85. The number of nitrogens with zero attached hydrogens (tertiary/aromatic N) is 1. The normalized spacial score (nSPS) is 11.5. The Bertz CT molecular complexity index is 267. The molecule has 0 aliphatic rings. The van der Waals surface area contributed by atoms with Crippen LogP contribution in [0, 0.1) is 5.92 Å².